The normalized spacial score (nSPS) is 45.9. The zero-order valence-electron chi connectivity index (χ0n) is 14.1. The van der Waals surface area contributed by atoms with Crippen molar-refractivity contribution in [1.82, 2.24) is 21.5 Å². The van der Waals surface area contributed by atoms with Crippen molar-refractivity contribution in [2.24, 2.45) is 11.8 Å². The molecule has 6 heteroatoms. The smallest absolute Gasteiger partial charge is 0.0703 e. The van der Waals surface area contributed by atoms with Gasteiger partial charge in [0, 0.05) is 31.8 Å². The summed E-state index contributed by atoms with van der Waals surface area (Å²) in [5.74, 6) is 1.34. The molecule has 0 aromatic heterocycles. The lowest BCUT2D eigenvalue weighted by atomic mass is 9.74. The van der Waals surface area contributed by atoms with Gasteiger partial charge in [0.25, 0.3) is 0 Å². The van der Waals surface area contributed by atoms with Crippen molar-refractivity contribution >= 4 is 0 Å². The summed E-state index contributed by atoms with van der Waals surface area (Å²) in [5, 5.41) is 7.05. The van der Waals surface area contributed by atoms with Crippen LogP contribution in [0.3, 0.4) is 0 Å². The van der Waals surface area contributed by atoms with Crippen molar-refractivity contribution in [3.05, 3.63) is 0 Å². The van der Waals surface area contributed by atoms with Gasteiger partial charge in [-0.3, -0.25) is 10.9 Å². The molecule has 4 rings (SSSR count). The molecule has 1 aliphatic carbocycles. The lowest BCUT2D eigenvalue weighted by Gasteiger charge is -2.38. The van der Waals surface area contributed by atoms with Crippen LogP contribution < -0.4 is 21.5 Å². The quantitative estimate of drug-likeness (QED) is 0.503. The lowest BCUT2D eigenvalue weighted by molar-refractivity contribution is -0.00216. The molecule has 4 bridgehead atoms. The molecule has 3 heterocycles. The van der Waals surface area contributed by atoms with Crippen LogP contribution >= 0.6 is 0 Å². The summed E-state index contributed by atoms with van der Waals surface area (Å²) in [6.45, 7) is 5.76. The average molecular weight is 324 g/mol. The van der Waals surface area contributed by atoms with Gasteiger partial charge in [-0.15, -0.1) is 0 Å². The molecule has 0 spiro atoms. The maximum Gasteiger partial charge on any atom is 0.0703 e. The first-order valence-corrected chi connectivity index (χ1v) is 9.56. The summed E-state index contributed by atoms with van der Waals surface area (Å²) < 4.78 is 12.3. The van der Waals surface area contributed by atoms with E-state index in [-0.39, 0.29) is 0 Å². The number of nitrogens with one attached hydrogen (secondary N) is 4. The van der Waals surface area contributed by atoms with E-state index in [2.05, 4.69) is 21.5 Å². The SMILES string of the molecule is C1CNCCOC2CNCC(C2)C2NNC3CCC(CC32)OC1. The molecule has 0 amide bonds. The monoisotopic (exact) mass is 324 g/mol. The Hall–Kier alpha value is -0.240. The molecule has 0 aromatic carbocycles. The predicted octanol–water partition coefficient (Wildman–Crippen LogP) is 0.00470. The van der Waals surface area contributed by atoms with Crippen LogP contribution in [-0.4, -0.2) is 63.7 Å². The van der Waals surface area contributed by atoms with Crippen LogP contribution in [0, 0.1) is 11.8 Å². The molecule has 4 N–H and O–H groups in total. The van der Waals surface area contributed by atoms with Crippen LogP contribution in [0.2, 0.25) is 0 Å². The zero-order valence-corrected chi connectivity index (χ0v) is 14.1. The molecular formula is C17H32N4O2. The van der Waals surface area contributed by atoms with Gasteiger partial charge in [0.15, 0.2) is 0 Å². The first kappa shape index (κ1) is 16.2. The van der Waals surface area contributed by atoms with Crippen LogP contribution in [0.1, 0.15) is 32.1 Å². The van der Waals surface area contributed by atoms with Crippen molar-refractivity contribution in [1.29, 1.82) is 0 Å². The van der Waals surface area contributed by atoms with Gasteiger partial charge in [-0.2, -0.15) is 0 Å². The van der Waals surface area contributed by atoms with Crippen molar-refractivity contribution in [3.8, 4) is 0 Å². The van der Waals surface area contributed by atoms with Crippen molar-refractivity contribution in [3.63, 3.8) is 0 Å². The molecule has 0 aromatic rings. The van der Waals surface area contributed by atoms with Gasteiger partial charge in [-0.1, -0.05) is 0 Å². The molecule has 4 aliphatic rings. The Balaban J connectivity index is 1.45. The Morgan fingerprint density at radius 3 is 2.74 bits per heavy atom. The summed E-state index contributed by atoms with van der Waals surface area (Å²) in [5.41, 5.74) is 7.19. The summed E-state index contributed by atoms with van der Waals surface area (Å²) in [6, 6.07) is 1.17. The highest BCUT2D eigenvalue weighted by Gasteiger charge is 2.44. The number of hydrogen-bond acceptors (Lipinski definition) is 6. The second-order valence-corrected chi connectivity index (χ2v) is 7.64. The Labute approximate surface area is 139 Å². The van der Waals surface area contributed by atoms with E-state index < -0.39 is 0 Å². The maximum atomic E-state index is 6.17. The summed E-state index contributed by atoms with van der Waals surface area (Å²) in [7, 11) is 0. The molecule has 6 atom stereocenters. The van der Waals surface area contributed by atoms with Crippen molar-refractivity contribution in [2.45, 2.75) is 56.4 Å². The second-order valence-electron chi connectivity index (χ2n) is 7.64. The van der Waals surface area contributed by atoms with Gasteiger partial charge in [-0.05, 0) is 57.0 Å². The van der Waals surface area contributed by atoms with E-state index in [1.165, 1.54) is 25.7 Å². The van der Waals surface area contributed by atoms with Gasteiger partial charge in [-0.25, -0.2) is 0 Å². The first-order valence-electron chi connectivity index (χ1n) is 9.56. The summed E-state index contributed by atoms with van der Waals surface area (Å²) >= 11 is 0. The third-order valence-corrected chi connectivity index (χ3v) is 6.08. The Bertz CT molecular complexity index is 384. The molecular weight excluding hydrogens is 292 g/mol. The molecule has 1 saturated carbocycles. The summed E-state index contributed by atoms with van der Waals surface area (Å²) in [6.07, 6.45) is 6.71. The molecule has 6 nitrogen and oxygen atoms in total. The van der Waals surface area contributed by atoms with Crippen LogP contribution in [0.5, 0.6) is 0 Å². The Morgan fingerprint density at radius 1 is 0.783 bits per heavy atom. The summed E-state index contributed by atoms with van der Waals surface area (Å²) in [4.78, 5) is 0. The molecule has 132 valence electrons. The van der Waals surface area contributed by atoms with Crippen molar-refractivity contribution < 1.29 is 9.47 Å². The number of fused-ring (bicyclic) bond motifs is 4. The fourth-order valence-electron chi connectivity index (χ4n) is 4.87. The molecule has 3 saturated heterocycles. The van der Waals surface area contributed by atoms with Gasteiger partial charge in [0.05, 0.1) is 18.8 Å². The number of ether oxygens (including phenoxy) is 2. The topological polar surface area (TPSA) is 66.6 Å². The standard InChI is InChI=1S/C17H32N4O2/c1-4-18-5-7-23-14-8-12(10-19-11-14)17-15-9-13(22-6-1)2-3-16(15)20-21-17/h12-21H,1-11H2. The Kier molecular flexibility index (Phi) is 5.48. The maximum absolute atomic E-state index is 6.17. The largest absolute Gasteiger partial charge is 0.378 e. The molecule has 23 heavy (non-hydrogen) atoms. The Morgan fingerprint density at radius 2 is 1.74 bits per heavy atom. The number of piperidine rings is 1. The molecule has 6 unspecified atom stereocenters. The number of hydrogen-bond donors (Lipinski definition) is 4. The molecule has 0 radical (unpaired) electrons. The second kappa shape index (κ2) is 7.76. The van der Waals surface area contributed by atoms with E-state index in [1.54, 1.807) is 0 Å². The van der Waals surface area contributed by atoms with E-state index in [9.17, 15) is 0 Å². The molecule has 3 aliphatic heterocycles. The van der Waals surface area contributed by atoms with E-state index >= 15 is 0 Å². The van der Waals surface area contributed by atoms with Crippen LogP contribution in [0.25, 0.3) is 0 Å². The first-order chi connectivity index (χ1) is 11.4. The highest BCUT2D eigenvalue weighted by molar-refractivity contribution is 5.00. The minimum atomic E-state index is 0.358. The third-order valence-electron chi connectivity index (χ3n) is 6.08. The lowest BCUT2D eigenvalue weighted by Crippen LogP contribution is -2.50. The minimum Gasteiger partial charge on any atom is -0.378 e. The third kappa shape index (κ3) is 3.89. The van der Waals surface area contributed by atoms with E-state index in [0.717, 1.165) is 45.8 Å². The van der Waals surface area contributed by atoms with Crippen LogP contribution in [0.15, 0.2) is 0 Å². The number of rotatable bonds is 0. The van der Waals surface area contributed by atoms with Crippen molar-refractivity contribution in [2.75, 3.05) is 39.4 Å². The number of hydrazine groups is 1. The van der Waals surface area contributed by atoms with Crippen LogP contribution in [-0.2, 0) is 9.47 Å². The van der Waals surface area contributed by atoms with E-state index in [1.807, 2.05) is 0 Å². The van der Waals surface area contributed by atoms with Gasteiger partial charge in [0.1, 0.15) is 0 Å². The van der Waals surface area contributed by atoms with Gasteiger partial charge < -0.3 is 20.1 Å². The minimum absolute atomic E-state index is 0.358. The van der Waals surface area contributed by atoms with Crippen LogP contribution in [0.4, 0.5) is 0 Å². The highest BCUT2D eigenvalue weighted by Crippen LogP contribution is 2.36. The van der Waals surface area contributed by atoms with E-state index in [0.29, 0.717) is 36.1 Å². The predicted molar refractivity (Wildman–Crippen MR) is 89.1 cm³/mol. The van der Waals surface area contributed by atoms with E-state index in [4.69, 9.17) is 9.47 Å². The van der Waals surface area contributed by atoms with Gasteiger partial charge >= 0.3 is 0 Å². The van der Waals surface area contributed by atoms with Gasteiger partial charge in [0.2, 0.25) is 0 Å². The highest BCUT2D eigenvalue weighted by atomic mass is 16.5. The zero-order chi connectivity index (χ0) is 15.5. The average Bonchev–Trinajstić information content (AvgIpc) is 3.00. The fraction of sp³-hybridized carbons (Fsp3) is 1.00. The molecule has 4 fully saturated rings. The fourth-order valence-corrected chi connectivity index (χ4v) is 4.87.